The SMILES string of the molecule is CCCCCCCCCCCCCCCCCCCCC(=O)O[C@@H](COC(=O)CCCCCCCCCCCCCCC)COC(=O)CCCCCCCCCCCCCCCC(C)C. The zero-order valence-corrected chi connectivity index (χ0v) is 44.5. The first-order valence-corrected chi connectivity index (χ1v) is 29.4. The molecule has 0 saturated carbocycles. The molecule has 65 heavy (non-hydrogen) atoms. The van der Waals surface area contributed by atoms with Gasteiger partial charge in [-0.1, -0.05) is 297 Å². The fourth-order valence-electron chi connectivity index (χ4n) is 9.10. The van der Waals surface area contributed by atoms with Crippen molar-refractivity contribution in [3.05, 3.63) is 0 Å². The summed E-state index contributed by atoms with van der Waals surface area (Å²) in [5.74, 6) is 0.00562. The van der Waals surface area contributed by atoms with Crippen LogP contribution in [0.2, 0.25) is 0 Å². The van der Waals surface area contributed by atoms with Gasteiger partial charge in [0.25, 0.3) is 0 Å². The zero-order chi connectivity index (χ0) is 47.4. The lowest BCUT2D eigenvalue weighted by Gasteiger charge is -2.18. The van der Waals surface area contributed by atoms with Crippen LogP contribution in [0.5, 0.6) is 0 Å². The summed E-state index contributed by atoms with van der Waals surface area (Å²) < 4.78 is 16.9. The van der Waals surface area contributed by atoms with Gasteiger partial charge in [0, 0.05) is 19.3 Å². The summed E-state index contributed by atoms with van der Waals surface area (Å²) in [5, 5.41) is 0. The molecule has 0 radical (unpaired) electrons. The third-order valence-electron chi connectivity index (χ3n) is 13.5. The Kier molecular flexibility index (Phi) is 52.1. The molecular formula is C59H114O6. The number of esters is 3. The van der Waals surface area contributed by atoms with Crippen LogP contribution in [-0.4, -0.2) is 37.2 Å². The number of ether oxygens (including phenoxy) is 3. The molecule has 0 aromatic heterocycles. The maximum absolute atomic E-state index is 12.9. The van der Waals surface area contributed by atoms with Crippen LogP contribution in [0.1, 0.15) is 336 Å². The van der Waals surface area contributed by atoms with E-state index in [-0.39, 0.29) is 31.1 Å². The van der Waals surface area contributed by atoms with E-state index in [0.29, 0.717) is 19.3 Å². The van der Waals surface area contributed by atoms with E-state index in [2.05, 4.69) is 27.7 Å². The van der Waals surface area contributed by atoms with E-state index in [9.17, 15) is 14.4 Å². The van der Waals surface area contributed by atoms with Crippen LogP contribution >= 0.6 is 0 Å². The molecule has 0 saturated heterocycles. The van der Waals surface area contributed by atoms with Gasteiger partial charge in [-0.05, 0) is 25.2 Å². The monoisotopic (exact) mass is 919 g/mol. The molecular weight excluding hydrogens is 805 g/mol. The van der Waals surface area contributed by atoms with E-state index in [1.54, 1.807) is 0 Å². The summed E-state index contributed by atoms with van der Waals surface area (Å²) in [4.78, 5) is 38.1. The van der Waals surface area contributed by atoms with Crippen LogP contribution in [0.3, 0.4) is 0 Å². The van der Waals surface area contributed by atoms with Crippen molar-refractivity contribution in [3.8, 4) is 0 Å². The maximum atomic E-state index is 12.9. The number of unbranched alkanes of at least 4 members (excludes halogenated alkanes) is 41. The Morgan fingerprint density at radius 1 is 0.292 bits per heavy atom. The quantitative estimate of drug-likeness (QED) is 0.0344. The number of hydrogen-bond donors (Lipinski definition) is 0. The molecule has 0 aromatic carbocycles. The third kappa shape index (κ3) is 53.2. The smallest absolute Gasteiger partial charge is 0.306 e. The van der Waals surface area contributed by atoms with Gasteiger partial charge in [0.2, 0.25) is 0 Å². The molecule has 0 aliphatic rings. The number of rotatable bonds is 54. The molecule has 0 amide bonds. The van der Waals surface area contributed by atoms with Crippen molar-refractivity contribution in [2.75, 3.05) is 13.2 Å². The van der Waals surface area contributed by atoms with Crippen LogP contribution in [0.15, 0.2) is 0 Å². The Labute approximate surface area is 406 Å². The zero-order valence-electron chi connectivity index (χ0n) is 44.5. The van der Waals surface area contributed by atoms with E-state index in [1.807, 2.05) is 0 Å². The lowest BCUT2D eigenvalue weighted by atomic mass is 10.0. The average molecular weight is 920 g/mol. The molecule has 1 atom stereocenters. The van der Waals surface area contributed by atoms with Gasteiger partial charge in [-0.25, -0.2) is 0 Å². The van der Waals surface area contributed by atoms with Gasteiger partial charge in [-0.3, -0.25) is 14.4 Å². The van der Waals surface area contributed by atoms with Crippen molar-refractivity contribution in [2.24, 2.45) is 5.92 Å². The summed E-state index contributed by atoms with van der Waals surface area (Å²) in [7, 11) is 0. The van der Waals surface area contributed by atoms with Crippen molar-refractivity contribution in [1.29, 1.82) is 0 Å². The summed E-state index contributed by atoms with van der Waals surface area (Å²) >= 11 is 0. The van der Waals surface area contributed by atoms with E-state index < -0.39 is 6.10 Å². The molecule has 0 aliphatic carbocycles. The van der Waals surface area contributed by atoms with Crippen LogP contribution in [0.25, 0.3) is 0 Å². The maximum Gasteiger partial charge on any atom is 0.306 e. The van der Waals surface area contributed by atoms with Gasteiger partial charge in [-0.2, -0.15) is 0 Å². The number of hydrogen-bond acceptors (Lipinski definition) is 6. The largest absolute Gasteiger partial charge is 0.462 e. The predicted octanol–water partition coefficient (Wildman–Crippen LogP) is 19.4. The first kappa shape index (κ1) is 63.4. The topological polar surface area (TPSA) is 78.9 Å². The highest BCUT2D eigenvalue weighted by Crippen LogP contribution is 2.18. The van der Waals surface area contributed by atoms with Gasteiger partial charge in [0.15, 0.2) is 6.10 Å². The Bertz CT molecular complexity index is 980. The van der Waals surface area contributed by atoms with Crippen molar-refractivity contribution in [3.63, 3.8) is 0 Å². The minimum atomic E-state index is -0.762. The highest BCUT2D eigenvalue weighted by Gasteiger charge is 2.19. The van der Waals surface area contributed by atoms with E-state index in [0.717, 1.165) is 63.7 Å². The fraction of sp³-hybridized carbons (Fsp3) is 0.949. The van der Waals surface area contributed by atoms with Crippen LogP contribution in [-0.2, 0) is 28.6 Å². The highest BCUT2D eigenvalue weighted by atomic mass is 16.6. The Morgan fingerprint density at radius 3 is 0.754 bits per heavy atom. The molecule has 6 nitrogen and oxygen atoms in total. The predicted molar refractivity (Wildman–Crippen MR) is 280 cm³/mol. The van der Waals surface area contributed by atoms with Gasteiger partial charge < -0.3 is 14.2 Å². The first-order chi connectivity index (χ1) is 31.9. The van der Waals surface area contributed by atoms with Crippen LogP contribution in [0.4, 0.5) is 0 Å². The lowest BCUT2D eigenvalue weighted by Crippen LogP contribution is -2.30. The summed E-state index contributed by atoms with van der Waals surface area (Å²) in [6.45, 7) is 9.07. The standard InChI is InChI=1S/C59H114O6/c1-5-7-9-11-13-15-17-19-20-21-22-23-27-32-36-40-44-48-52-59(62)65-56(53-63-57(60)50-46-42-38-34-30-25-18-16-14-12-10-8-6-2)54-64-58(61)51-47-43-39-35-31-28-24-26-29-33-37-41-45-49-55(3)4/h55-56H,5-54H2,1-4H3/t56-/m0/s1. The van der Waals surface area contributed by atoms with E-state index in [4.69, 9.17) is 14.2 Å². The van der Waals surface area contributed by atoms with Gasteiger partial charge in [0.1, 0.15) is 13.2 Å². The van der Waals surface area contributed by atoms with Crippen molar-refractivity contribution < 1.29 is 28.6 Å². The second-order valence-electron chi connectivity index (χ2n) is 20.8. The molecule has 0 bridgehead atoms. The van der Waals surface area contributed by atoms with Crippen molar-refractivity contribution in [2.45, 2.75) is 342 Å². The van der Waals surface area contributed by atoms with Gasteiger partial charge >= 0.3 is 17.9 Å². The van der Waals surface area contributed by atoms with E-state index >= 15 is 0 Å². The second-order valence-corrected chi connectivity index (χ2v) is 20.8. The fourth-order valence-corrected chi connectivity index (χ4v) is 9.10. The normalized spacial score (nSPS) is 12.0. The highest BCUT2D eigenvalue weighted by molar-refractivity contribution is 5.71. The number of carbonyl (C=O) groups excluding carboxylic acids is 3. The molecule has 0 unspecified atom stereocenters. The minimum Gasteiger partial charge on any atom is -0.462 e. The molecule has 6 heteroatoms. The molecule has 386 valence electrons. The first-order valence-electron chi connectivity index (χ1n) is 29.4. The van der Waals surface area contributed by atoms with Crippen molar-refractivity contribution >= 4 is 17.9 Å². The van der Waals surface area contributed by atoms with Crippen molar-refractivity contribution in [1.82, 2.24) is 0 Å². The summed E-state index contributed by atoms with van der Waals surface area (Å²) in [5.41, 5.74) is 0. The minimum absolute atomic E-state index is 0.0618. The number of carbonyl (C=O) groups is 3. The molecule has 0 heterocycles. The molecule has 0 aromatic rings. The van der Waals surface area contributed by atoms with Gasteiger partial charge in [-0.15, -0.1) is 0 Å². The molecule has 0 N–H and O–H groups in total. The summed E-state index contributed by atoms with van der Waals surface area (Å²) in [6, 6.07) is 0. The van der Waals surface area contributed by atoms with Crippen LogP contribution in [0, 0.1) is 5.92 Å². The Morgan fingerprint density at radius 2 is 0.508 bits per heavy atom. The molecule has 0 fully saturated rings. The second kappa shape index (κ2) is 53.4. The Hall–Kier alpha value is -1.59. The van der Waals surface area contributed by atoms with Crippen LogP contribution < -0.4 is 0 Å². The Balaban J connectivity index is 4.28. The average Bonchev–Trinajstić information content (AvgIpc) is 3.29. The summed E-state index contributed by atoms with van der Waals surface area (Å²) in [6.07, 6.45) is 58.1. The van der Waals surface area contributed by atoms with E-state index in [1.165, 1.54) is 231 Å². The third-order valence-corrected chi connectivity index (χ3v) is 13.5. The van der Waals surface area contributed by atoms with Gasteiger partial charge in [0.05, 0.1) is 0 Å². The lowest BCUT2D eigenvalue weighted by molar-refractivity contribution is -0.167. The molecule has 0 aliphatic heterocycles. The molecule has 0 spiro atoms. The molecule has 0 rings (SSSR count).